The number of hydrogen-bond donors (Lipinski definition) is 1. The van der Waals surface area contributed by atoms with Gasteiger partial charge in [0.05, 0.1) is 0 Å². The van der Waals surface area contributed by atoms with E-state index in [1.54, 1.807) is 0 Å². The third kappa shape index (κ3) is 3.55. The Hall–Kier alpha value is 0.1000. The summed E-state index contributed by atoms with van der Waals surface area (Å²) in [7, 11) is 2.21. The van der Waals surface area contributed by atoms with Crippen molar-refractivity contribution in [2.45, 2.75) is 31.8 Å². The second kappa shape index (κ2) is 5.63. The van der Waals surface area contributed by atoms with Gasteiger partial charge in [-0.1, -0.05) is 0 Å². The highest BCUT2D eigenvalue weighted by Gasteiger charge is 2.22. The number of hydrogen-bond acceptors (Lipinski definition) is 3. The molecule has 0 bridgehead atoms. The molecule has 1 fully saturated rings. The van der Waals surface area contributed by atoms with Crippen LogP contribution in [0, 0.1) is 5.92 Å². The van der Waals surface area contributed by atoms with Crippen LogP contribution in [-0.4, -0.2) is 24.5 Å². The van der Waals surface area contributed by atoms with Gasteiger partial charge in [0.25, 0.3) is 0 Å². The van der Waals surface area contributed by atoms with Crippen LogP contribution >= 0.6 is 27.3 Å². The van der Waals surface area contributed by atoms with Crippen molar-refractivity contribution in [1.29, 1.82) is 0 Å². The largest absolute Gasteiger partial charge is 0.328 e. The summed E-state index contributed by atoms with van der Waals surface area (Å²) < 4.78 is 1.20. The van der Waals surface area contributed by atoms with Crippen LogP contribution in [0.15, 0.2) is 15.9 Å². The van der Waals surface area contributed by atoms with Crippen molar-refractivity contribution in [3.05, 3.63) is 20.8 Å². The minimum atomic E-state index is 0.453. The Morgan fingerprint density at radius 1 is 1.56 bits per heavy atom. The van der Waals surface area contributed by atoms with Gasteiger partial charge in [-0.25, -0.2) is 0 Å². The highest BCUT2D eigenvalue weighted by molar-refractivity contribution is 9.10. The summed E-state index contributed by atoms with van der Waals surface area (Å²) in [4.78, 5) is 3.85. The fourth-order valence-corrected chi connectivity index (χ4v) is 4.02. The van der Waals surface area contributed by atoms with Crippen molar-refractivity contribution >= 4 is 27.3 Å². The van der Waals surface area contributed by atoms with Gasteiger partial charge >= 0.3 is 0 Å². The smallest absolute Gasteiger partial charge is 0.0325 e. The highest BCUT2D eigenvalue weighted by atomic mass is 79.9. The third-order valence-corrected chi connectivity index (χ3v) is 4.88. The molecule has 0 spiro atoms. The predicted octanol–water partition coefficient (Wildman–Crippen LogP) is 3.07. The van der Waals surface area contributed by atoms with Gasteiger partial charge in [-0.05, 0) is 54.2 Å². The molecule has 0 amide bonds. The molecule has 0 aromatic carbocycles. The van der Waals surface area contributed by atoms with E-state index in [0.717, 1.165) is 12.5 Å². The zero-order valence-corrected chi connectivity index (χ0v) is 12.1. The SMILES string of the molecule is CN(Cc1cc(Br)cs1)CC1CCC(N)C1. The maximum absolute atomic E-state index is 5.93. The molecule has 2 atom stereocenters. The number of rotatable bonds is 4. The Labute approximate surface area is 110 Å². The van der Waals surface area contributed by atoms with Gasteiger partial charge in [0.15, 0.2) is 0 Å². The van der Waals surface area contributed by atoms with E-state index in [0.29, 0.717) is 6.04 Å². The first-order chi connectivity index (χ1) is 7.63. The van der Waals surface area contributed by atoms with E-state index in [-0.39, 0.29) is 0 Å². The Kier molecular flexibility index (Phi) is 4.41. The second-order valence-electron chi connectivity index (χ2n) is 4.87. The quantitative estimate of drug-likeness (QED) is 0.926. The highest BCUT2D eigenvalue weighted by Crippen LogP contribution is 2.26. The molecule has 90 valence electrons. The summed E-state index contributed by atoms with van der Waals surface area (Å²) in [5, 5.41) is 2.15. The van der Waals surface area contributed by atoms with Crippen molar-refractivity contribution < 1.29 is 0 Å². The van der Waals surface area contributed by atoms with Gasteiger partial charge in [-0.3, -0.25) is 0 Å². The van der Waals surface area contributed by atoms with Crippen molar-refractivity contribution in [2.75, 3.05) is 13.6 Å². The normalized spacial score (nSPS) is 25.5. The minimum absolute atomic E-state index is 0.453. The van der Waals surface area contributed by atoms with E-state index in [2.05, 4.69) is 39.3 Å². The summed E-state index contributed by atoms with van der Waals surface area (Å²) in [6.45, 7) is 2.24. The Morgan fingerprint density at radius 3 is 2.94 bits per heavy atom. The van der Waals surface area contributed by atoms with Gasteiger partial charge in [-0.15, -0.1) is 11.3 Å². The molecule has 0 saturated heterocycles. The molecule has 1 saturated carbocycles. The first kappa shape index (κ1) is 12.6. The van der Waals surface area contributed by atoms with Crippen LogP contribution in [0.3, 0.4) is 0 Å². The van der Waals surface area contributed by atoms with E-state index in [4.69, 9.17) is 5.73 Å². The van der Waals surface area contributed by atoms with Crippen LogP contribution in [0.2, 0.25) is 0 Å². The summed E-state index contributed by atoms with van der Waals surface area (Å²) in [5.74, 6) is 0.809. The zero-order valence-electron chi connectivity index (χ0n) is 9.66. The van der Waals surface area contributed by atoms with Crippen LogP contribution in [0.5, 0.6) is 0 Å². The molecular weight excluding hydrogens is 284 g/mol. The summed E-state index contributed by atoms with van der Waals surface area (Å²) in [6, 6.07) is 2.66. The monoisotopic (exact) mass is 302 g/mol. The molecule has 1 aliphatic carbocycles. The number of nitrogens with two attached hydrogens (primary N) is 1. The van der Waals surface area contributed by atoms with Crippen LogP contribution in [0.4, 0.5) is 0 Å². The molecular formula is C12H19BrN2S. The molecule has 2 N–H and O–H groups in total. The predicted molar refractivity (Wildman–Crippen MR) is 73.7 cm³/mol. The minimum Gasteiger partial charge on any atom is -0.328 e. The van der Waals surface area contributed by atoms with Crippen LogP contribution in [-0.2, 0) is 6.54 Å². The molecule has 2 nitrogen and oxygen atoms in total. The Morgan fingerprint density at radius 2 is 2.38 bits per heavy atom. The van der Waals surface area contributed by atoms with E-state index in [1.807, 2.05) is 11.3 Å². The number of thiophene rings is 1. The lowest BCUT2D eigenvalue weighted by Gasteiger charge is -2.20. The van der Waals surface area contributed by atoms with Gasteiger partial charge in [-0.2, -0.15) is 0 Å². The zero-order chi connectivity index (χ0) is 11.5. The summed E-state index contributed by atoms with van der Waals surface area (Å²) >= 11 is 5.32. The van der Waals surface area contributed by atoms with Crippen molar-refractivity contribution in [1.82, 2.24) is 4.90 Å². The first-order valence-electron chi connectivity index (χ1n) is 5.80. The summed E-state index contributed by atoms with van der Waals surface area (Å²) in [5.41, 5.74) is 5.93. The van der Waals surface area contributed by atoms with Crippen molar-refractivity contribution in [3.63, 3.8) is 0 Å². The lowest BCUT2D eigenvalue weighted by Crippen LogP contribution is -2.25. The molecule has 2 unspecified atom stereocenters. The summed E-state index contributed by atoms with van der Waals surface area (Å²) in [6.07, 6.45) is 3.72. The van der Waals surface area contributed by atoms with Gasteiger partial charge in [0.2, 0.25) is 0 Å². The topological polar surface area (TPSA) is 29.3 Å². The molecule has 2 rings (SSSR count). The molecule has 16 heavy (non-hydrogen) atoms. The molecule has 1 heterocycles. The second-order valence-corrected chi connectivity index (χ2v) is 6.78. The van der Waals surface area contributed by atoms with Crippen LogP contribution in [0.1, 0.15) is 24.1 Å². The fourth-order valence-electron chi connectivity index (χ4n) is 2.49. The molecule has 0 aliphatic heterocycles. The Bertz CT molecular complexity index is 340. The van der Waals surface area contributed by atoms with E-state index < -0.39 is 0 Å². The average molecular weight is 303 g/mol. The van der Waals surface area contributed by atoms with Crippen LogP contribution in [0.25, 0.3) is 0 Å². The maximum atomic E-state index is 5.93. The van der Waals surface area contributed by atoms with Crippen LogP contribution < -0.4 is 5.73 Å². The fraction of sp³-hybridized carbons (Fsp3) is 0.667. The standard InChI is InChI=1S/C12H19BrN2S/c1-15(6-9-2-3-11(14)4-9)7-12-5-10(13)8-16-12/h5,8-9,11H,2-4,6-7,14H2,1H3. The van der Waals surface area contributed by atoms with E-state index in [9.17, 15) is 0 Å². The van der Waals surface area contributed by atoms with E-state index >= 15 is 0 Å². The van der Waals surface area contributed by atoms with Crippen molar-refractivity contribution in [3.8, 4) is 0 Å². The molecule has 1 aliphatic rings. The van der Waals surface area contributed by atoms with Gasteiger partial charge in [0.1, 0.15) is 0 Å². The first-order valence-corrected chi connectivity index (χ1v) is 7.48. The molecule has 0 radical (unpaired) electrons. The van der Waals surface area contributed by atoms with E-state index in [1.165, 1.54) is 35.2 Å². The van der Waals surface area contributed by atoms with Gasteiger partial charge in [0, 0.05) is 33.9 Å². The Balaban J connectivity index is 1.78. The molecule has 1 aromatic heterocycles. The lowest BCUT2D eigenvalue weighted by atomic mass is 10.1. The number of nitrogens with zero attached hydrogens (tertiary/aromatic N) is 1. The molecule has 4 heteroatoms. The van der Waals surface area contributed by atoms with Crippen molar-refractivity contribution in [2.24, 2.45) is 11.7 Å². The lowest BCUT2D eigenvalue weighted by molar-refractivity contribution is 0.272. The third-order valence-electron chi connectivity index (χ3n) is 3.20. The molecule has 1 aromatic rings. The average Bonchev–Trinajstić information content (AvgIpc) is 2.76. The number of halogens is 1. The van der Waals surface area contributed by atoms with Gasteiger partial charge < -0.3 is 10.6 Å². The maximum Gasteiger partial charge on any atom is 0.0325 e.